The molecule has 1 aliphatic rings. The molecule has 6 nitrogen and oxygen atoms in total. The van der Waals surface area contributed by atoms with E-state index in [4.69, 9.17) is 21.1 Å². The Morgan fingerprint density at radius 2 is 2.29 bits per heavy atom. The Morgan fingerprint density at radius 3 is 2.88 bits per heavy atom. The zero-order chi connectivity index (χ0) is 12.9. The predicted octanol–water partition coefficient (Wildman–Crippen LogP) is -1.97. The highest BCUT2D eigenvalue weighted by atomic mass is 16.3. The van der Waals surface area contributed by atoms with Crippen molar-refractivity contribution in [2.45, 2.75) is 18.1 Å². The van der Waals surface area contributed by atoms with Gasteiger partial charge in [-0.05, 0) is 12.5 Å². The van der Waals surface area contributed by atoms with E-state index in [-0.39, 0.29) is 13.2 Å². The van der Waals surface area contributed by atoms with Crippen molar-refractivity contribution in [2.75, 3.05) is 19.8 Å². The lowest BCUT2D eigenvalue weighted by atomic mass is 9.89. The van der Waals surface area contributed by atoms with E-state index in [2.05, 4.69) is 5.32 Å². The lowest BCUT2D eigenvalue weighted by Gasteiger charge is -2.25. The van der Waals surface area contributed by atoms with Gasteiger partial charge in [0.25, 0.3) is 5.91 Å². The van der Waals surface area contributed by atoms with Crippen LogP contribution in [0.1, 0.15) is 6.42 Å². The monoisotopic (exact) mass is 242 g/mol. The fraction of sp³-hybridized carbons (Fsp3) is 0.545. The van der Waals surface area contributed by atoms with Gasteiger partial charge in [-0.2, -0.15) is 0 Å². The second-order valence-corrected chi connectivity index (χ2v) is 4.14. The van der Waals surface area contributed by atoms with E-state index in [0.717, 1.165) is 0 Å². The molecule has 0 radical (unpaired) electrons. The number of hydrogen-bond acceptors (Lipinski definition) is 5. The molecule has 6 N–H and O–H groups in total. The van der Waals surface area contributed by atoms with Crippen molar-refractivity contribution in [2.24, 2.45) is 5.73 Å². The van der Waals surface area contributed by atoms with E-state index in [1.165, 1.54) is 6.08 Å². The van der Waals surface area contributed by atoms with Crippen molar-refractivity contribution >= 4 is 5.91 Å². The summed E-state index contributed by atoms with van der Waals surface area (Å²) in [6.45, 7) is -0.683. The maximum atomic E-state index is 11.7. The van der Waals surface area contributed by atoms with Gasteiger partial charge in [0.2, 0.25) is 0 Å². The van der Waals surface area contributed by atoms with Gasteiger partial charge in [0.05, 0.1) is 24.9 Å². The minimum absolute atomic E-state index is 0.0305. The molecule has 1 amide bonds. The van der Waals surface area contributed by atoms with Crippen LogP contribution < -0.4 is 11.1 Å². The second kappa shape index (κ2) is 5.92. The molecule has 0 bridgehead atoms. The summed E-state index contributed by atoms with van der Waals surface area (Å²) in [5, 5.41) is 29.2. The Morgan fingerprint density at radius 1 is 1.59 bits per heavy atom. The van der Waals surface area contributed by atoms with Crippen LogP contribution in [-0.4, -0.2) is 52.6 Å². The van der Waals surface area contributed by atoms with Gasteiger partial charge in [-0.3, -0.25) is 4.79 Å². The molecule has 6 heteroatoms. The lowest BCUT2D eigenvalue weighted by Crippen LogP contribution is -2.44. The molecule has 0 spiro atoms. The Hall–Kier alpha value is -1.21. The second-order valence-electron chi connectivity index (χ2n) is 4.14. The first-order valence-electron chi connectivity index (χ1n) is 5.37. The summed E-state index contributed by atoms with van der Waals surface area (Å²) in [5.74, 6) is -0.392. The largest absolute Gasteiger partial charge is 0.394 e. The molecule has 0 aromatic carbocycles. The van der Waals surface area contributed by atoms with Crippen LogP contribution in [0.3, 0.4) is 0 Å². The van der Waals surface area contributed by atoms with Crippen molar-refractivity contribution in [1.29, 1.82) is 0 Å². The minimum Gasteiger partial charge on any atom is -0.394 e. The number of aliphatic hydroxyl groups is 3. The zero-order valence-electron chi connectivity index (χ0n) is 9.47. The normalized spacial score (nSPS) is 25.3. The first-order chi connectivity index (χ1) is 8.00. The summed E-state index contributed by atoms with van der Waals surface area (Å²) in [6, 6.07) is 0. The van der Waals surface area contributed by atoms with E-state index < -0.39 is 24.2 Å². The Labute approximate surface area is 99.4 Å². The van der Waals surface area contributed by atoms with Crippen LogP contribution in [0.25, 0.3) is 0 Å². The molecular weight excluding hydrogens is 224 g/mol. The smallest absolute Gasteiger partial charge is 0.251 e. The van der Waals surface area contributed by atoms with Crippen LogP contribution in [0.2, 0.25) is 0 Å². The van der Waals surface area contributed by atoms with Gasteiger partial charge >= 0.3 is 0 Å². The number of hydrogen-bond donors (Lipinski definition) is 5. The molecule has 2 atom stereocenters. The van der Waals surface area contributed by atoms with Crippen LogP contribution in [-0.2, 0) is 4.79 Å². The molecule has 2 unspecified atom stereocenters. The van der Waals surface area contributed by atoms with Gasteiger partial charge in [-0.15, -0.1) is 0 Å². The summed E-state index contributed by atoms with van der Waals surface area (Å²) in [6.07, 6.45) is 4.33. The average molecular weight is 242 g/mol. The fourth-order valence-electron chi connectivity index (χ4n) is 1.45. The first kappa shape index (κ1) is 13.9. The summed E-state index contributed by atoms with van der Waals surface area (Å²) < 4.78 is 0. The van der Waals surface area contributed by atoms with Gasteiger partial charge < -0.3 is 26.4 Å². The zero-order valence-corrected chi connectivity index (χ0v) is 9.47. The van der Waals surface area contributed by atoms with Gasteiger partial charge in [0.15, 0.2) is 0 Å². The molecule has 0 aliphatic heterocycles. The summed E-state index contributed by atoms with van der Waals surface area (Å²) in [4.78, 5) is 11.7. The molecule has 0 aromatic rings. The van der Waals surface area contributed by atoms with Crippen LogP contribution >= 0.6 is 0 Å². The Balaban J connectivity index is 2.60. The molecule has 96 valence electrons. The number of aliphatic hydroxyl groups excluding tert-OH is 3. The average Bonchev–Trinajstić information content (AvgIpc) is 2.35. The van der Waals surface area contributed by atoms with E-state index in [9.17, 15) is 4.79 Å². The van der Waals surface area contributed by atoms with E-state index in [1.54, 1.807) is 12.2 Å². The van der Waals surface area contributed by atoms with Crippen LogP contribution in [0.4, 0.5) is 0 Å². The van der Waals surface area contributed by atoms with Gasteiger partial charge in [-0.1, -0.05) is 12.2 Å². The number of carbonyl (C=O) groups is 1. The highest BCUT2D eigenvalue weighted by molar-refractivity contribution is 5.96. The summed E-state index contributed by atoms with van der Waals surface area (Å²) in [7, 11) is 0. The molecular formula is C11H18N2O4. The molecule has 0 fully saturated rings. The lowest BCUT2D eigenvalue weighted by molar-refractivity contribution is -0.117. The summed E-state index contributed by atoms with van der Waals surface area (Å²) >= 11 is 0. The van der Waals surface area contributed by atoms with Gasteiger partial charge in [-0.25, -0.2) is 0 Å². The molecule has 17 heavy (non-hydrogen) atoms. The van der Waals surface area contributed by atoms with E-state index in [1.807, 2.05) is 0 Å². The molecule has 0 saturated heterocycles. The van der Waals surface area contributed by atoms with Crippen molar-refractivity contribution in [1.82, 2.24) is 5.32 Å². The SMILES string of the molecule is NC1(CO)C=C(C(=O)NCC(O)CO)C=CC1. The molecule has 1 aliphatic carbocycles. The fourth-order valence-corrected chi connectivity index (χ4v) is 1.45. The maximum Gasteiger partial charge on any atom is 0.251 e. The summed E-state index contributed by atoms with van der Waals surface area (Å²) in [5.41, 5.74) is 5.26. The number of rotatable bonds is 5. The topological polar surface area (TPSA) is 116 Å². The highest BCUT2D eigenvalue weighted by Crippen LogP contribution is 2.18. The Kier molecular flexibility index (Phi) is 4.83. The maximum absolute atomic E-state index is 11.7. The van der Waals surface area contributed by atoms with E-state index in [0.29, 0.717) is 12.0 Å². The molecule has 0 heterocycles. The number of carbonyl (C=O) groups excluding carboxylic acids is 1. The standard InChI is InChI=1S/C11H18N2O4/c12-11(7-15)3-1-2-8(4-11)10(17)13-5-9(16)6-14/h1-2,4,9,14-16H,3,5-7,12H2,(H,13,17). The molecule has 0 aromatic heterocycles. The van der Waals surface area contributed by atoms with Gasteiger partial charge in [0.1, 0.15) is 0 Å². The molecule has 1 rings (SSSR count). The number of nitrogens with two attached hydrogens (primary N) is 1. The molecule has 0 saturated carbocycles. The van der Waals surface area contributed by atoms with Crippen molar-refractivity contribution < 1.29 is 20.1 Å². The highest BCUT2D eigenvalue weighted by Gasteiger charge is 2.25. The number of amides is 1. The third-order valence-electron chi connectivity index (χ3n) is 2.50. The van der Waals surface area contributed by atoms with Crippen LogP contribution in [0.15, 0.2) is 23.8 Å². The van der Waals surface area contributed by atoms with Gasteiger partial charge in [0, 0.05) is 12.1 Å². The quantitative estimate of drug-likeness (QED) is 0.383. The minimum atomic E-state index is -0.979. The van der Waals surface area contributed by atoms with Crippen LogP contribution in [0, 0.1) is 0 Å². The Bertz CT molecular complexity index is 340. The van der Waals surface area contributed by atoms with Crippen molar-refractivity contribution in [3.8, 4) is 0 Å². The third kappa shape index (κ3) is 3.94. The van der Waals surface area contributed by atoms with Crippen molar-refractivity contribution in [3.63, 3.8) is 0 Å². The van der Waals surface area contributed by atoms with Crippen LogP contribution in [0.5, 0.6) is 0 Å². The third-order valence-corrected chi connectivity index (χ3v) is 2.50. The number of nitrogens with one attached hydrogen (secondary N) is 1. The predicted molar refractivity (Wildman–Crippen MR) is 61.9 cm³/mol. The van der Waals surface area contributed by atoms with Crippen molar-refractivity contribution in [3.05, 3.63) is 23.8 Å². The first-order valence-corrected chi connectivity index (χ1v) is 5.37. The van der Waals surface area contributed by atoms with E-state index >= 15 is 0 Å².